The summed E-state index contributed by atoms with van der Waals surface area (Å²) in [6, 6.07) is 9.63. The van der Waals surface area contributed by atoms with E-state index in [-0.39, 0.29) is 11.7 Å². The number of anilines is 1. The molecule has 0 atom stereocenters. The molecule has 0 radical (unpaired) electrons. The van der Waals surface area contributed by atoms with E-state index in [0.717, 1.165) is 17.1 Å². The van der Waals surface area contributed by atoms with Crippen LogP contribution in [0.2, 0.25) is 0 Å². The topological polar surface area (TPSA) is 134 Å². The van der Waals surface area contributed by atoms with E-state index in [9.17, 15) is 4.79 Å². The van der Waals surface area contributed by atoms with Crippen LogP contribution in [0.1, 0.15) is 18.4 Å². The molecule has 0 saturated carbocycles. The molecule has 1 aromatic heterocycles. The quantitative estimate of drug-likeness (QED) is 0.227. The lowest BCUT2D eigenvalue weighted by molar-refractivity contribution is -0.573. The van der Waals surface area contributed by atoms with Gasteiger partial charge in [0.25, 0.3) is 0 Å². The first-order valence-electron chi connectivity index (χ1n) is 11.2. The fraction of sp³-hybridized carbons (Fsp3) is 0.280. The van der Waals surface area contributed by atoms with Crippen LogP contribution in [-0.4, -0.2) is 60.2 Å². The number of aromatic nitrogens is 2. The van der Waals surface area contributed by atoms with Gasteiger partial charge in [-0.25, -0.2) is 4.98 Å². The summed E-state index contributed by atoms with van der Waals surface area (Å²) < 4.78 is 5.91. The molecule has 0 fully saturated rings. The van der Waals surface area contributed by atoms with E-state index in [1.165, 1.54) is 12.4 Å². The van der Waals surface area contributed by atoms with E-state index in [2.05, 4.69) is 15.3 Å². The predicted octanol–water partition coefficient (Wildman–Crippen LogP) is 1.54. The molecular formula is C25H32N7O2+. The van der Waals surface area contributed by atoms with Crippen LogP contribution in [0.5, 0.6) is 5.75 Å². The highest BCUT2D eigenvalue weighted by Crippen LogP contribution is 2.26. The summed E-state index contributed by atoms with van der Waals surface area (Å²) in [5.74, 6) is 2.35. The lowest BCUT2D eigenvalue weighted by Crippen LogP contribution is -2.80. The second-order valence-corrected chi connectivity index (χ2v) is 8.08. The summed E-state index contributed by atoms with van der Waals surface area (Å²) in [6.07, 6.45) is 9.85. The molecule has 1 aliphatic carbocycles. The molecule has 9 nitrogen and oxygen atoms in total. The number of nitrogens with two attached hydrogens (primary N) is 2. The first-order chi connectivity index (χ1) is 16.4. The number of para-hydroxylation sites is 1. The second-order valence-electron chi connectivity index (χ2n) is 8.08. The number of ether oxygens (including phenoxy) is 1. The van der Waals surface area contributed by atoms with Crippen molar-refractivity contribution >= 4 is 23.3 Å². The van der Waals surface area contributed by atoms with Gasteiger partial charge in [0.15, 0.2) is 0 Å². The zero-order valence-corrected chi connectivity index (χ0v) is 19.6. The minimum Gasteiger partial charge on any atom is -0.462 e. The zero-order chi connectivity index (χ0) is 24.3. The maximum absolute atomic E-state index is 11.9. The number of nitrogen functional groups attached to an aromatic ring is 1. The van der Waals surface area contributed by atoms with Gasteiger partial charge in [0.1, 0.15) is 29.2 Å². The van der Waals surface area contributed by atoms with Gasteiger partial charge in [0.2, 0.25) is 11.7 Å². The van der Waals surface area contributed by atoms with Gasteiger partial charge >= 0.3 is 0 Å². The maximum atomic E-state index is 11.9. The number of nitrogens with one attached hydrogen (secondary N) is 2. The molecule has 34 heavy (non-hydrogen) atoms. The first-order valence-corrected chi connectivity index (χ1v) is 11.2. The molecule has 6 N–H and O–H groups in total. The molecule has 0 unspecified atom stereocenters. The third-order valence-electron chi connectivity index (χ3n) is 5.10. The third kappa shape index (κ3) is 7.36. The number of benzene rings is 1. The SMILES string of the molecule is CN(C)C/C=C/C(=O)NCC[NH2+]c1ncnc(N)c1C(=N)C1=CC=C(Oc2ccccc2)CC1. The van der Waals surface area contributed by atoms with Crippen LogP contribution in [0.4, 0.5) is 11.6 Å². The number of hydrogen-bond acceptors (Lipinski definition) is 7. The zero-order valence-electron chi connectivity index (χ0n) is 19.6. The lowest BCUT2D eigenvalue weighted by Gasteiger charge is -2.17. The van der Waals surface area contributed by atoms with Crippen LogP contribution in [0, 0.1) is 5.41 Å². The van der Waals surface area contributed by atoms with Crippen molar-refractivity contribution < 1.29 is 14.8 Å². The Balaban J connectivity index is 1.60. The van der Waals surface area contributed by atoms with E-state index in [1.807, 2.05) is 72.9 Å². The van der Waals surface area contributed by atoms with Crippen LogP contribution in [0.3, 0.4) is 0 Å². The van der Waals surface area contributed by atoms with Crippen LogP contribution in [0.25, 0.3) is 0 Å². The van der Waals surface area contributed by atoms with Crippen molar-refractivity contribution in [3.05, 3.63) is 77.9 Å². The van der Waals surface area contributed by atoms with E-state index < -0.39 is 0 Å². The third-order valence-corrected chi connectivity index (χ3v) is 5.10. The Bertz CT molecular complexity index is 1090. The van der Waals surface area contributed by atoms with Crippen molar-refractivity contribution in [3.63, 3.8) is 0 Å². The molecule has 0 saturated heterocycles. The fourth-order valence-corrected chi connectivity index (χ4v) is 3.37. The summed E-state index contributed by atoms with van der Waals surface area (Å²) in [4.78, 5) is 22.3. The van der Waals surface area contributed by atoms with Crippen LogP contribution in [0.15, 0.2) is 72.3 Å². The Hall–Kier alpha value is -3.82. The highest BCUT2D eigenvalue weighted by atomic mass is 16.5. The average Bonchev–Trinajstić information content (AvgIpc) is 2.82. The highest BCUT2D eigenvalue weighted by molar-refractivity contribution is 6.15. The molecule has 3 rings (SSSR count). The summed E-state index contributed by atoms with van der Waals surface area (Å²) in [5.41, 5.74) is 7.78. The van der Waals surface area contributed by atoms with Crippen LogP contribution in [-0.2, 0) is 4.79 Å². The number of carbonyl (C=O) groups excluding carboxylic acids is 1. The van der Waals surface area contributed by atoms with E-state index in [4.69, 9.17) is 15.9 Å². The van der Waals surface area contributed by atoms with Crippen molar-refractivity contribution in [1.29, 1.82) is 5.41 Å². The van der Waals surface area contributed by atoms with Crippen LogP contribution >= 0.6 is 0 Å². The Kier molecular flexibility index (Phi) is 9.07. The second kappa shape index (κ2) is 12.4. The van der Waals surface area contributed by atoms with E-state index in [0.29, 0.717) is 49.6 Å². The Morgan fingerprint density at radius 1 is 1.24 bits per heavy atom. The number of carbonyl (C=O) groups is 1. The van der Waals surface area contributed by atoms with Crippen molar-refractivity contribution in [2.75, 3.05) is 39.5 Å². The van der Waals surface area contributed by atoms with Gasteiger partial charge in [0, 0.05) is 19.0 Å². The number of allylic oxidation sites excluding steroid dienone is 4. The molecule has 178 valence electrons. The molecule has 1 heterocycles. The van der Waals surface area contributed by atoms with Gasteiger partial charge < -0.3 is 20.7 Å². The molecule has 0 spiro atoms. The summed E-state index contributed by atoms with van der Waals surface area (Å²) in [6.45, 7) is 1.71. The lowest BCUT2D eigenvalue weighted by atomic mass is 9.95. The number of likely N-dealkylation sites (N-methyl/N-ethyl adjacent to an activating group) is 1. The Morgan fingerprint density at radius 2 is 2.03 bits per heavy atom. The Morgan fingerprint density at radius 3 is 2.74 bits per heavy atom. The summed E-state index contributed by atoms with van der Waals surface area (Å²) in [7, 11) is 3.88. The molecule has 9 heteroatoms. The van der Waals surface area contributed by atoms with Gasteiger partial charge in [-0.15, -0.1) is 0 Å². The number of rotatable bonds is 11. The predicted molar refractivity (Wildman–Crippen MR) is 133 cm³/mol. The maximum Gasteiger partial charge on any atom is 0.243 e. The van der Waals surface area contributed by atoms with Gasteiger partial charge in [-0.05, 0) is 44.3 Å². The largest absolute Gasteiger partial charge is 0.462 e. The molecule has 0 bridgehead atoms. The monoisotopic (exact) mass is 462 g/mol. The summed E-state index contributed by atoms with van der Waals surface area (Å²) in [5, 5.41) is 13.5. The first kappa shape index (κ1) is 24.8. The molecule has 2 aromatic rings. The molecular weight excluding hydrogens is 430 g/mol. The van der Waals surface area contributed by atoms with Crippen molar-refractivity contribution in [3.8, 4) is 5.75 Å². The summed E-state index contributed by atoms with van der Waals surface area (Å²) >= 11 is 0. The number of quaternary nitrogens is 1. The minimum absolute atomic E-state index is 0.141. The van der Waals surface area contributed by atoms with Gasteiger partial charge in [0.05, 0.1) is 18.8 Å². The number of nitrogens with zero attached hydrogens (tertiary/aromatic N) is 3. The fourth-order valence-electron chi connectivity index (χ4n) is 3.37. The van der Waals surface area contributed by atoms with E-state index >= 15 is 0 Å². The average molecular weight is 463 g/mol. The number of hydrogen-bond donors (Lipinski definition) is 4. The van der Waals surface area contributed by atoms with Gasteiger partial charge in [-0.3, -0.25) is 15.5 Å². The molecule has 1 amide bonds. The molecule has 1 aromatic carbocycles. The minimum atomic E-state index is -0.141. The Labute approximate surface area is 199 Å². The van der Waals surface area contributed by atoms with E-state index in [1.54, 1.807) is 0 Å². The molecule has 0 aliphatic heterocycles. The van der Waals surface area contributed by atoms with Gasteiger partial charge in [-0.2, -0.15) is 4.98 Å². The smallest absolute Gasteiger partial charge is 0.243 e. The normalized spacial score (nSPS) is 13.5. The van der Waals surface area contributed by atoms with Gasteiger partial charge in [-0.1, -0.05) is 30.4 Å². The van der Waals surface area contributed by atoms with Crippen molar-refractivity contribution in [1.82, 2.24) is 20.2 Å². The van der Waals surface area contributed by atoms with Crippen molar-refractivity contribution in [2.45, 2.75) is 12.8 Å². The standard InChI is InChI=1S/C25H31N7O2/c1-32(2)16-6-9-21(33)28-14-15-29-25-22(24(27)30-17-31-25)23(26)18-10-12-20(13-11-18)34-19-7-4-3-5-8-19/h3-10,12,17,26H,11,13-16H2,1-2H3,(H,28,33)(H3,27,29,30,31)/p+1/b9-6+,26-23?. The molecule has 1 aliphatic rings. The van der Waals surface area contributed by atoms with Crippen molar-refractivity contribution in [2.24, 2.45) is 0 Å². The number of amides is 1. The highest BCUT2D eigenvalue weighted by Gasteiger charge is 2.22. The van der Waals surface area contributed by atoms with Crippen LogP contribution < -0.4 is 21.1 Å².